The van der Waals surface area contributed by atoms with Crippen LogP contribution in [-0.4, -0.2) is 21.0 Å². The highest BCUT2D eigenvalue weighted by Gasteiger charge is 2.09. The number of hydrogen-bond donors (Lipinski definition) is 3. The van der Waals surface area contributed by atoms with Gasteiger partial charge in [-0.25, -0.2) is 4.79 Å². The van der Waals surface area contributed by atoms with Crippen LogP contribution in [0.1, 0.15) is 22.8 Å². The molecule has 0 bridgehead atoms. The highest BCUT2D eigenvalue weighted by Crippen LogP contribution is 2.26. The summed E-state index contributed by atoms with van der Waals surface area (Å²) in [5.74, 6) is -0.967. The number of nitro benzene ring substituents is 1. The number of allylic oxidation sites excluding steroid dienone is 1. The Morgan fingerprint density at radius 1 is 1.24 bits per heavy atom. The van der Waals surface area contributed by atoms with Gasteiger partial charge in [0.05, 0.1) is 10.5 Å². The van der Waals surface area contributed by atoms with Gasteiger partial charge in [0.15, 0.2) is 0 Å². The van der Waals surface area contributed by atoms with Gasteiger partial charge in [-0.2, -0.15) is 0 Å². The van der Waals surface area contributed by atoms with Crippen molar-refractivity contribution in [3.05, 3.63) is 76.1 Å². The van der Waals surface area contributed by atoms with Crippen molar-refractivity contribution in [1.29, 1.82) is 0 Å². The summed E-state index contributed by atoms with van der Waals surface area (Å²) < 4.78 is 0. The molecule has 7 nitrogen and oxygen atoms in total. The number of carboxylic acid groups (broad SMARTS) is 1. The highest BCUT2D eigenvalue weighted by molar-refractivity contribution is 5.97. The molecule has 3 rings (SSSR count). The molecule has 126 valence electrons. The third-order valence-corrected chi connectivity index (χ3v) is 3.89. The zero-order chi connectivity index (χ0) is 18.0. The molecular formula is C18H15N3O4. The van der Waals surface area contributed by atoms with Crippen LogP contribution < -0.4 is 5.32 Å². The molecule has 0 aliphatic carbocycles. The number of nitrogens with one attached hydrogen (secondary N) is 2. The van der Waals surface area contributed by atoms with Gasteiger partial charge in [0.2, 0.25) is 0 Å². The lowest BCUT2D eigenvalue weighted by atomic mass is 10.1. The monoisotopic (exact) mass is 337 g/mol. The van der Waals surface area contributed by atoms with E-state index in [4.69, 9.17) is 5.11 Å². The number of carboxylic acids is 1. The summed E-state index contributed by atoms with van der Waals surface area (Å²) in [7, 11) is 0. The number of carbonyl (C=O) groups is 1. The maximum absolute atomic E-state index is 11.0. The predicted octanol–water partition coefficient (Wildman–Crippen LogP) is 4.25. The van der Waals surface area contributed by atoms with E-state index in [1.54, 1.807) is 36.5 Å². The Morgan fingerprint density at radius 2 is 1.96 bits per heavy atom. The van der Waals surface area contributed by atoms with E-state index in [9.17, 15) is 14.9 Å². The van der Waals surface area contributed by atoms with E-state index in [2.05, 4.69) is 10.3 Å². The lowest BCUT2D eigenvalue weighted by Crippen LogP contribution is -1.95. The smallest absolute Gasteiger partial charge is 0.335 e. The molecule has 0 saturated heterocycles. The fourth-order valence-corrected chi connectivity index (χ4v) is 2.53. The molecule has 0 unspecified atom stereocenters. The number of hydrogen-bond acceptors (Lipinski definition) is 4. The summed E-state index contributed by atoms with van der Waals surface area (Å²) in [6.45, 7) is 1.92. The molecule has 7 heteroatoms. The van der Waals surface area contributed by atoms with Crippen LogP contribution in [0.4, 0.5) is 11.4 Å². The maximum atomic E-state index is 11.0. The molecule has 0 aliphatic rings. The van der Waals surface area contributed by atoms with Gasteiger partial charge in [-0.05, 0) is 36.8 Å². The summed E-state index contributed by atoms with van der Waals surface area (Å²) in [6.07, 6.45) is 3.62. The fraction of sp³-hybridized carbons (Fsp3) is 0.0556. The van der Waals surface area contributed by atoms with Crippen LogP contribution in [0.5, 0.6) is 0 Å². The Hall–Kier alpha value is -3.61. The minimum absolute atomic E-state index is 0.0390. The highest BCUT2D eigenvalue weighted by atomic mass is 16.6. The minimum Gasteiger partial charge on any atom is -0.478 e. The Kier molecular flexibility index (Phi) is 4.21. The van der Waals surface area contributed by atoms with Gasteiger partial charge in [0, 0.05) is 46.7 Å². The molecule has 0 amide bonds. The van der Waals surface area contributed by atoms with Gasteiger partial charge in [-0.3, -0.25) is 10.1 Å². The van der Waals surface area contributed by atoms with E-state index in [0.29, 0.717) is 0 Å². The molecule has 3 N–H and O–H groups in total. The summed E-state index contributed by atoms with van der Waals surface area (Å²) in [5.41, 5.74) is 3.63. The van der Waals surface area contributed by atoms with Gasteiger partial charge >= 0.3 is 5.97 Å². The number of aromatic amines is 1. The topological polar surface area (TPSA) is 108 Å². The van der Waals surface area contributed by atoms with Crippen molar-refractivity contribution < 1.29 is 14.8 Å². The van der Waals surface area contributed by atoms with Crippen LogP contribution in [0.15, 0.2) is 54.9 Å². The van der Waals surface area contributed by atoms with Crippen LogP contribution in [0.2, 0.25) is 0 Å². The number of nitrogens with zero attached hydrogens (tertiary/aromatic N) is 1. The lowest BCUT2D eigenvalue weighted by Gasteiger charge is -2.04. The molecule has 1 aromatic heterocycles. The number of rotatable bonds is 5. The van der Waals surface area contributed by atoms with Crippen LogP contribution in [-0.2, 0) is 0 Å². The van der Waals surface area contributed by atoms with Crippen LogP contribution in [0.3, 0.4) is 0 Å². The minimum atomic E-state index is -0.967. The number of fused-ring (bicyclic) bond motifs is 1. The molecule has 0 fully saturated rings. The van der Waals surface area contributed by atoms with Crippen molar-refractivity contribution in [2.45, 2.75) is 6.92 Å². The van der Waals surface area contributed by atoms with Gasteiger partial charge in [0.1, 0.15) is 0 Å². The zero-order valence-corrected chi connectivity index (χ0v) is 13.3. The van der Waals surface area contributed by atoms with Crippen LogP contribution in [0.25, 0.3) is 16.5 Å². The third-order valence-electron chi connectivity index (χ3n) is 3.89. The first kappa shape index (κ1) is 16.3. The zero-order valence-electron chi connectivity index (χ0n) is 13.3. The van der Waals surface area contributed by atoms with Crippen molar-refractivity contribution in [1.82, 2.24) is 4.98 Å². The number of aromatic nitrogens is 1. The summed E-state index contributed by atoms with van der Waals surface area (Å²) in [4.78, 5) is 24.3. The van der Waals surface area contributed by atoms with E-state index in [-0.39, 0.29) is 11.3 Å². The van der Waals surface area contributed by atoms with E-state index in [1.165, 1.54) is 12.1 Å². The molecule has 25 heavy (non-hydrogen) atoms. The number of H-pyrrole nitrogens is 1. The standard InChI is InChI=1S/C18H15N3O4/c1-11(9-19-13-3-5-14(6-4-13)21(24)25)16-10-20-17-8-12(18(22)23)2-7-15(16)17/h2-10,19-20H,1H3,(H,22,23)/b11-9+. The van der Waals surface area contributed by atoms with Gasteiger partial charge in [-0.1, -0.05) is 6.07 Å². The summed E-state index contributed by atoms with van der Waals surface area (Å²) in [6, 6.07) is 11.1. The predicted molar refractivity (Wildman–Crippen MR) is 95.6 cm³/mol. The molecular weight excluding hydrogens is 322 g/mol. The van der Waals surface area contributed by atoms with Crippen LogP contribution in [0, 0.1) is 10.1 Å². The van der Waals surface area contributed by atoms with Crippen molar-refractivity contribution >= 4 is 33.8 Å². The second-order valence-corrected chi connectivity index (χ2v) is 5.54. The molecule has 0 aliphatic heterocycles. The van der Waals surface area contributed by atoms with Crippen molar-refractivity contribution in [3.63, 3.8) is 0 Å². The maximum Gasteiger partial charge on any atom is 0.335 e. The SMILES string of the molecule is C/C(=C\Nc1ccc([N+](=O)[O-])cc1)c1c[nH]c2cc(C(=O)O)ccc12. The van der Waals surface area contributed by atoms with Crippen LogP contribution >= 0.6 is 0 Å². The average molecular weight is 337 g/mol. The Balaban J connectivity index is 1.83. The largest absolute Gasteiger partial charge is 0.478 e. The van der Waals surface area contributed by atoms with Gasteiger partial charge < -0.3 is 15.4 Å². The summed E-state index contributed by atoms with van der Waals surface area (Å²) in [5, 5.41) is 23.7. The van der Waals surface area contributed by atoms with Crippen molar-refractivity contribution in [2.24, 2.45) is 0 Å². The molecule has 0 radical (unpaired) electrons. The van der Waals surface area contributed by atoms with Gasteiger partial charge in [-0.15, -0.1) is 0 Å². The fourth-order valence-electron chi connectivity index (χ4n) is 2.53. The number of anilines is 1. The first-order chi connectivity index (χ1) is 12.0. The Labute approximate surface area is 142 Å². The molecule has 3 aromatic rings. The number of benzene rings is 2. The normalized spacial score (nSPS) is 11.5. The number of non-ortho nitro benzene ring substituents is 1. The van der Waals surface area contributed by atoms with Gasteiger partial charge in [0.25, 0.3) is 5.69 Å². The molecule has 0 spiro atoms. The first-order valence-electron chi connectivity index (χ1n) is 7.48. The Morgan fingerprint density at radius 3 is 2.60 bits per heavy atom. The molecule has 1 heterocycles. The number of nitro groups is 1. The van der Waals surface area contributed by atoms with E-state index >= 15 is 0 Å². The molecule has 2 aromatic carbocycles. The second-order valence-electron chi connectivity index (χ2n) is 5.54. The third kappa shape index (κ3) is 3.35. The van der Waals surface area contributed by atoms with E-state index in [1.807, 2.05) is 13.1 Å². The first-order valence-corrected chi connectivity index (χ1v) is 7.48. The second kappa shape index (κ2) is 6.48. The molecule has 0 atom stereocenters. The van der Waals surface area contributed by atoms with Crippen molar-refractivity contribution in [2.75, 3.05) is 5.32 Å². The van der Waals surface area contributed by atoms with E-state index in [0.717, 1.165) is 27.7 Å². The number of aromatic carboxylic acids is 1. The Bertz CT molecular complexity index is 987. The molecule has 0 saturated carbocycles. The lowest BCUT2D eigenvalue weighted by molar-refractivity contribution is -0.384. The van der Waals surface area contributed by atoms with Crippen molar-refractivity contribution in [3.8, 4) is 0 Å². The quantitative estimate of drug-likeness (QED) is 0.476. The average Bonchev–Trinajstić information content (AvgIpc) is 3.03. The van der Waals surface area contributed by atoms with E-state index < -0.39 is 10.9 Å². The summed E-state index contributed by atoms with van der Waals surface area (Å²) >= 11 is 0.